The number of aromatic nitrogens is 1. The smallest absolute Gasteiger partial charge is 0.266 e. The average molecular weight is 475 g/mol. The maximum absolute atomic E-state index is 13.3. The van der Waals surface area contributed by atoms with Crippen LogP contribution < -0.4 is 14.4 Å². The number of benzene rings is 3. The molecule has 7 heteroatoms. The molecule has 5 rings (SSSR count). The third-order valence-corrected chi connectivity index (χ3v) is 6.77. The number of anilines is 1. The molecule has 0 aliphatic carbocycles. The summed E-state index contributed by atoms with van der Waals surface area (Å²) in [6.45, 7) is 1.13. The van der Waals surface area contributed by atoms with E-state index in [0.29, 0.717) is 17.4 Å². The van der Waals surface area contributed by atoms with E-state index < -0.39 is 0 Å². The van der Waals surface area contributed by atoms with Gasteiger partial charge in [-0.2, -0.15) is 0 Å². The van der Waals surface area contributed by atoms with Crippen LogP contribution in [0, 0.1) is 0 Å². The number of hydrogen-bond acceptors (Lipinski definition) is 6. The summed E-state index contributed by atoms with van der Waals surface area (Å²) in [6, 6.07) is 21.7. The SMILES string of the molecule is COc1ccc(-c2csc(N(C[C@@H]3CCCO3)C(=O)COc3ccc4ccccc4c3)n2)cc1. The van der Waals surface area contributed by atoms with Crippen molar-refractivity contribution < 1.29 is 19.0 Å². The lowest BCUT2D eigenvalue weighted by Crippen LogP contribution is -2.40. The molecule has 34 heavy (non-hydrogen) atoms. The van der Waals surface area contributed by atoms with Crippen molar-refractivity contribution in [2.45, 2.75) is 18.9 Å². The van der Waals surface area contributed by atoms with Gasteiger partial charge >= 0.3 is 0 Å². The molecule has 1 aliphatic heterocycles. The lowest BCUT2D eigenvalue weighted by atomic mass is 10.1. The van der Waals surface area contributed by atoms with Crippen molar-refractivity contribution in [3.63, 3.8) is 0 Å². The molecule has 1 fully saturated rings. The van der Waals surface area contributed by atoms with Crippen molar-refractivity contribution in [1.29, 1.82) is 0 Å². The van der Waals surface area contributed by atoms with Gasteiger partial charge in [-0.15, -0.1) is 11.3 Å². The molecule has 4 aromatic rings. The quantitative estimate of drug-likeness (QED) is 0.334. The summed E-state index contributed by atoms with van der Waals surface area (Å²) in [5, 5.41) is 4.83. The Bertz CT molecular complexity index is 1270. The molecule has 1 atom stereocenters. The van der Waals surface area contributed by atoms with Gasteiger partial charge in [-0.1, -0.05) is 30.3 Å². The lowest BCUT2D eigenvalue weighted by molar-refractivity contribution is -0.120. The number of methoxy groups -OCH3 is 1. The molecule has 0 bridgehead atoms. The van der Waals surface area contributed by atoms with Crippen LogP contribution in [0.4, 0.5) is 5.13 Å². The predicted octanol–water partition coefficient (Wildman–Crippen LogP) is 5.56. The third kappa shape index (κ3) is 5.05. The van der Waals surface area contributed by atoms with Crippen LogP contribution in [-0.4, -0.2) is 43.9 Å². The van der Waals surface area contributed by atoms with Crippen molar-refractivity contribution in [3.05, 3.63) is 72.1 Å². The second-order valence-electron chi connectivity index (χ2n) is 8.18. The summed E-state index contributed by atoms with van der Waals surface area (Å²) in [5.41, 5.74) is 1.79. The van der Waals surface area contributed by atoms with Crippen molar-refractivity contribution in [3.8, 4) is 22.8 Å². The highest BCUT2D eigenvalue weighted by atomic mass is 32.1. The number of amides is 1. The Kier molecular flexibility index (Phi) is 6.74. The number of thiazole rings is 1. The van der Waals surface area contributed by atoms with E-state index in [-0.39, 0.29) is 18.6 Å². The number of ether oxygens (including phenoxy) is 3. The van der Waals surface area contributed by atoms with Crippen molar-refractivity contribution in [2.24, 2.45) is 0 Å². The van der Waals surface area contributed by atoms with Gasteiger partial charge in [0.15, 0.2) is 11.7 Å². The first-order valence-corrected chi connectivity index (χ1v) is 12.2. The van der Waals surface area contributed by atoms with Crippen LogP contribution in [0.1, 0.15) is 12.8 Å². The van der Waals surface area contributed by atoms with Gasteiger partial charge in [-0.3, -0.25) is 9.69 Å². The largest absolute Gasteiger partial charge is 0.497 e. The van der Waals surface area contributed by atoms with Crippen LogP contribution in [0.5, 0.6) is 11.5 Å². The normalized spacial score (nSPS) is 15.4. The first-order chi connectivity index (χ1) is 16.7. The molecule has 6 nitrogen and oxygen atoms in total. The molecule has 1 amide bonds. The number of carbonyl (C=O) groups is 1. The molecule has 0 radical (unpaired) electrons. The minimum Gasteiger partial charge on any atom is -0.497 e. The molecule has 174 valence electrons. The molecular formula is C27H26N2O4S. The molecule has 1 aromatic heterocycles. The number of hydrogen-bond donors (Lipinski definition) is 0. The maximum Gasteiger partial charge on any atom is 0.266 e. The molecular weight excluding hydrogens is 448 g/mol. The van der Waals surface area contributed by atoms with Crippen LogP contribution >= 0.6 is 11.3 Å². The van der Waals surface area contributed by atoms with Crippen LogP contribution in [0.2, 0.25) is 0 Å². The summed E-state index contributed by atoms with van der Waals surface area (Å²) >= 11 is 1.45. The standard InChI is InChI=1S/C27H26N2O4S/c1-31-22-11-9-20(10-12-22)25-18-34-27(28-25)29(16-24-7-4-14-32-24)26(30)17-33-23-13-8-19-5-2-3-6-21(19)15-23/h2-3,5-6,8-13,15,18,24H,4,7,14,16-17H2,1H3/t24-/m0/s1. The van der Waals surface area contributed by atoms with Crippen molar-refractivity contribution >= 4 is 33.1 Å². The van der Waals surface area contributed by atoms with Crippen LogP contribution in [0.3, 0.4) is 0 Å². The highest BCUT2D eigenvalue weighted by Gasteiger charge is 2.26. The monoisotopic (exact) mass is 474 g/mol. The Morgan fingerprint density at radius 2 is 1.88 bits per heavy atom. The Morgan fingerprint density at radius 3 is 2.65 bits per heavy atom. The van der Waals surface area contributed by atoms with Gasteiger partial charge in [-0.25, -0.2) is 4.98 Å². The van der Waals surface area contributed by atoms with Gasteiger partial charge in [0.05, 0.1) is 25.5 Å². The highest BCUT2D eigenvalue weighted by Crippen LogP contribution is 2.30. The zero-order chi connectivity index (χ0) is 23.3. The molecule has 0 spiro atoms. The molecule has 1 aliphatic rings. The lowest BCUT2D eigenvalue weighted by Gasteiger charge is -2.23. The predicted molar refractivity (Wildman–Crippen MR) is 135 cm³/mol. The number of rotatable bonds is 8. The van der Waals surface area contributed by atoms with E-state index in [0.717, 1.165) is 47.2 Å². The molecule has 3 aromatic carbocycles. The van der Waals surface area contributed by atoms with Crippen molar-refractivity contribution in [2.75, 3.05) is 31.8 Å². The van der Waals surface area contributed by atoms with Gasteiger partial charge in [0.1, 0.15) is 11.5 Å². The Balaban J connectivity index is 1.33. The molecule has 0 N–H and O–H groups in total. The first-order valence-electron chi connectivity index (χ1n) is 11.3. The fourth-order valence-corrected chi connectivity index (χ4v) is 4.90. The molecule has 0 saturated carbocycles. The van der Waals surface area contributed by atoms with E-state index in [2.05, 4.69) is 6.07 Å². The van der Waals surface area contributed by atoms with E-state index in [1.54, 1.807) is 12.0 Å². The Labute approximate surface area is 202 Å². The van der Waals surface area contributed by atoms with Gasteiger partial charge in [0.2, 0.25) is 0 Å². The molecule has 2 heterocycles. The highest BCUT2D eigenvalue weighted by molar-refractivity contribution is 7.14. The third-order valence-electron chi connectivity index (χ3n) is 5.90. The maximum atomic E-state index is 13.3. The minimum atomic E-state index is -0.140. The van der Waals surface area contributed by atoms with Gasteiger partial charge in [0, 0.05) is 17.6 Å². The van der Waals surface area contributed by atoms with E-state index in [9.17, 15) is 4.79 Å². The topological polar surface area (TPSA) is 60.9 Å². The molecule has 0 unspecified atom stereocenters. The fourth-order valence-electron chi connectivity index (χ4n) is 4.04. The van der Waals surface area contributed by atoms with Gasteiger partial charge in [-0.05, 0) is 60.0 Å². The van der Waals surface area contributed by atoms with Crippen molar-refractivity contribution in [1.82, 2.24) is 4.98 Å². The van der Waals surface area contributed by atoms with Gasteiger partial charge < -0.3 is 14.2 Å². The number of fused-ring (bicyclic) bond motifs is 1. The summed E-state index contributed by atoms with van der Waals surface area (Å²) in [5.74, 6) is 1.32. The van der Waals surface area contributed by atoms with E-state index in [4.69, 9.17) is 19.2 Å². The zero-order valence-corrected chi connectivity index (χ0v) is 19.8. The summed E-state index contributed by atoms with van der Waals surface area (Å²) in [7, 11) is 1.64. The van der Waals surface area contributed by atoms with Crippen LogP contribution in [-0.2, 0) is 9.53 Å². The Morgan fingerprint density at radius 1 is 1.09 bits per heavy atom. The summed E-state index contributed by atoms with van der Waals surface area (Å²) in [4.78, 5) is 19.8. The summed E-state index contributed by atoms with van der Waals surface area (Å²) < 4.78 is 16.9. The first kappa shape index (κ1) is 22.4. The average Bonchev–Trinajstić information content (AvgIpc) is 3.58. The number of nitrogens with zero attached hydrogens (tertiary/aromatic N) is 2. The minimum absolute atomic E-state index is 0.0120. The van der Waals surface area contributed by atoms with Gasteiger partial charge in [0.25, 0.3) is 5.91 Å². The van der Waals surface area contributed by atoms with E-state index >= 15 is 0 Å². The second kappa shape index (κ2) is 10.2. The molecule has 1 saturated heterocycles. The zero-order valence-electron chi connectivity index (χ0n) is 19.0. The van der Waals surface area contributed by atoms with E-state index in [1.165, 1.54) is 11.3 Å². The Hall–Kier alpha value is -3.42. The number of carbonyl (C=O) groups excluding carboxylic acids is 1. The fraction of sp³-hybridized carbons (Fsp3) is 0.259. The second-order valence-corrected chi connectivity index (χ2v) is 9.02. The van der Waals surface area contributed by atoms with E-state index in [1.807, 2.05) is 66.0 Å². The van der Waals surface area contributed by atoms with Crippen LogP contribution in [0.15, 0.2) is 72.1 Å². The van der Waals surface area contributed by atoms with Crippen LogP contribution in [0.25, 0.3) is 22.0 Å². The summed E-state index contributed by atoms with van der Waals surface area (Å²) in [6.07, 6.45) is 1.96.